The van der Waals surface area contributed by atoms with E-state index in [0.29, 0.717) is 19.5 Å². The molecule has 0 saturated heterocycles. The molecule has 1 unspecified atom stereocenters. The number of nitrogens with zero attached hydrogens (tertiary/aromatic N) is 1. The third-order valence-corrected chi connectivity index (χ3v) is 6.41. The lowest BCUT2D eigenvalue weighted by Crippen LogP contribution is -2.51. The van der Waals surface area contributed by atoms with Crippen LogP contribution in [0, 0.1) is 0 Å². The predicted octanol–water partition coefficient (Wildman–Crippen LogP) is 6.71. The van der Waals surface area contributed by atoms with Crippen molar-refractivity contribution in [3.05, 3.63) is 138 Å². The molecule has 0 aromatic heterocycles. The van der Waals surface area contributed by atoms with Crippen LogP contribution in [0.1, 0.15) is 22.3 Å². The van der Waals surface area contributed by atoms with Gasteiger partial charge in [0.05, 0.1) is 11.3 Å². The van der Waals surface area contributed by atoms with E-state index in [9.17, 15) is 22.8 Å². The van der Waals surface area contributed by atoms with E-state index in [-0.39, 0.29) is 18.0 Å². The number of anilines is 1. The van der Waals surface area contributed by atoms with E-state index >= 15 is 0 Å². The van der Waals surface area contributed by atoms with Crippen molar-refractivity contribution in [3.8, 4) is 0 Å². The summed E-state index contributed by atoms with van der Waals surface area (Å²) < 4.78 is 40.4. The molecule has 0 fully saturated rings. The molecule has 0 heterocycles. The normalized spacial score (nSPS) is 11.9. The van der Waals surface area contributed by atoms with Gasteiger partial charge < -0.3 is 15.5 Å². The molecule has 40 heavy (non-hydrogen) atoms. The van der Waals surface area contributed by atoms with Crippen molar-refractivity contribution in [3.63, 3.8) is 0 Å². The molecule has 0 bridgehead atoms. The van der Waals surface area contributed by atoms with Gasteiger partial charge in [-0.05, 0) is 35.2 Å². The highest BCUT2D eigenvalue weighted by Crippen LogP contribution is 2.34. The van der Waals surface area contributed by atoms with Crippen LogP contribution in [0.25, 0.3) is 0 Å². The quantitative estimate of drug-likeness (QED) is 0.233. The van der Waals surface area contributed by atoms with Gasteiger partial charge in [-0.3, -0.25) is 4.79 Å². The number of alkyl halides is 3. The molecule has 4 rings (SSSR count). The van der Waals surface area contributed by atoms with Crippen molar-refractivity contribution < 1.29 is 22.8 Å². The molecule has 2 N–H and O–H groups in total. The molecule has 4 aromatic carbocycles. The Morgan fingerprint density at radius 3 is 1.82 bits per heavy atom. The van der Waals surface area contributed by atoms with Crippen molar-refractivity contribution in [2.24, 2.45) is 0 Å². The Kier molecular flexibility index (Phi) is 9.57. The SMILES string of the molecule is O=C(Nc1ccccc1C(F)(F)F)NC(Cc1ccccc1)C(=O)N(CCc1ccccc1)Cc1ccccc1. The van der Waals surface area contributed by atoms with Crippen molar-refractivity contribution in [2.75, 3.05) is 11.9 Å². The summed E-state index contributed by atoms with van der Waals surface area (Å²) in [6.45, 7) is 0.710. The minimum Gasteiger partial charge on any atom is -0.336 e. The zero-order valence-electron chi connectivity index (χ0n) is 21.8. The van der Waals surface area contributed by atoms with Crippen LogP contribution < -0.4 is 10.6 Å². The van der Waals surface area contributed by atoms with Gasteiger partial charge in [0.1, 0.15) is 6.04 Å². The second kappa shape index (κ2) is 13.5. The predicted molar refractivity (Wildman–Crippen MR) is 150 cm³/mol. The fourth-order valence-corrected chi connectivity index (χ4v) is 4.41. The van der Waals surface area contributed by atoms with Gasteiger partial charge >= 0.3 is 12.2 Å². The summed E-state index contributed by atoms with van der Waals surface area (Å²) in [5.74, 6) is -0.331. The number of carbonyl (C=O) groups excluding carboxylic acids is 2. The van der Waals surface area contributed by atoms with Gasteiger partial charge in [-0.2, -0.15) is 13.2 Å². The first kappa shape index (κ1) is 28.4. The molecule has 0 aliphatic carbocycles. The summed E-state index contributed by atoms with van der Waals surface area (Å²) in [6.07, 6.45) is -3.87. The number of para-hydroxylation sites is 1. The first-order chi connectivity index (χ1) is 19.3. The van der Waals surface area contributed by atoms with E-state index in [2.05, 4.69) is 10.6 Å². The lowest BCUT2D eigenvalue weighted by Gasteiger charge is -2.28. The van der Waals surface area contributed by atoms with Gasteiger partial charge in [0.2, 0.25) is 5.91 Å². The summed E-state index contributed by atoms with van der Waals surface area (Å²) in [6, 6.07) is 31.3. The molecule has 4 aromatic rings. The van der Waals surface area contributed by atoms with Crippen molar-refractivity contribution in [2.45, 2.75) is 31.6 Å². The van der Waals surface area contributed by atoms with Crippen LogP contribution >= 0.6 is 0 Å². The van der Waals surface area contributed by atoms with Gasteiger partial charge in [0, 0.05) is 19.5 Å². The number of rotatable bonds is 10. The standard InChI is InChI=1S/C32H30F3N3O2/c33-32(34,35)27-18-10-11-19-28(27)36-31(40)37-29(22-25-14-6-2-7-15-25)30(39)38(23-26-16-8-3-9-17-26)21-20-24-12-4-1-5-13-24/h1-19,29H,20-23H2,(H2,36,37,40). The molecule has 206 valence electrons. The summed E-state index contributed by atoms with van der Waals surface area (Å²) in [5, 5.41) is 4.94. The topological polar surface area (TPSA) is 61.4 Å². The Hall–Kier alpha value is -4.59. The largest absolute Gasteiger partial charge is 0.418 e. The van der Waals surface area contributed by atoms with Gasteiger partial charge in [-0.1, -0.05) is 103 Å². The average molecular weight is 546 g/mol. The monoisotopic (exact) mass is 545 g/mol. The highest BCUT2D eigenvalue weighted by Gasteiger charge is 2.34. The minimum atomic E-state index is -4.65. The number of benzene rings is 4. The molecule has 0 aliphatic rings. The van der Waals surface area contributed by atoms with Gasteiger partial charge in [-0.25, -0.2) is 4.79 Å². The van der Waals surface area contributed by atoms with Crippen molar-refractivity contribution >= 4 is 17.6 Å². The lowest BCUT2D eigenvalue weighted by molar-refractivity contribution is -0.137. The fourth-order valence-electron chi connectivity index (χ4n) is 4.41. The van der Waals surface area contributed by atoms with E-state index in [1.165, 1.54) is 18.2 Å². The Balaban J connectivity index is 1.58. The molecular weight excluding hydrogens is 515 g/mol. The van der Waals surface area contributed by atoms with Crippen LogP contribution in [-0.4, -0.2) is 29.4 Å². The maximum Gasteiger partial charge on any atom is 0.418 e. The molecule has 0 saturated carbocycles. The molecule has 0 aliphatic heterocycles. The van der Waals surface area contributed by atoms with Crippen LogP contribution in [0.15, 0.2) is 115 Å². The summed E-state index contributed by atoms with van der Waals surface area (Å²) >= 11 is 0. The van der Waals surface area contributed by atoms with Crippen LogP contribution in [0.5, 0.6) is 0 Å². The molecule has 8 heteroatoms. The lowest BCUT2D eigenvalue weighted by atomic mass is 10.0. The second-order valence-electron chi connectivity index (χ2n) is 9.37. The van der Waals surface area contributed by atoms with E-state index < -0.39 is 23.8 Å². The van der Waals surface area contributed by atoms with Gasteiger partial charge in [-0.15, -0.1) is 0 Å². The molecular formula is C32H30F3N3O2. The van der Waals surface area contributed by atoms with E-state index in [1.807, 2.05) is 91.0 Å². The maximum atomic E-state index is 14.0. The highest BCUT2D eigenvalue weighted by molar-refractivity contribution is 5.94. The van der Waals surface area contributed by atoms with E-state index in [4.69, 9.17) is 0 Å². The molecule has 0 spiro atoms. The third kappa shape index (κ3) is 8.20. The zero-order valence-corrected chi connectivity index (χ0v) is 21.8. The van der Waals surface area contributed by atoms with Crippen LogP contribution in [0.4, 0.5) is 23.7 Å². The Morgan fingerprint density at radius 2 is 1.23 bits per heavy atom. The number of nitrogens with one attached hydrogen (secondary N) is 2. The third-order valence-electron chi connectivity index (χ3n) is 6.41. The highest BCUT2D eigenvalue weighted by atomic mass is 19.4. The minimum absolute atomic E-state index is 0.171. The van der Waals surface area contributed by atoms with Crippen molar-refractivity contribution in [1.82, 2.24) is 10.2 Å². The number of amides is 3. The Morgan fingerprint density at radius 1 is 0.700 bits per heavy atom. The summed E-state index contributed by atoms with van der Waals surface area (Å²) in [5.41, 5.74) is 1.43. The summed E-state index contributed by atoms with van der Waals surface area (Å²) in [4.78, 5) is 28.7. The maximum absolute atomic E-state index is 14.0. The first-order valence-corrected chi connectivity index (χ1v) is 12.9. The van der Waals surface area contributed by atoms with Crippen LogP contribution in [0.2, 0.25) is 0 Å². The molecule has 0 radical (unpaired) electrons. The molecule has 5 nitrogen and oxygen atoms in total. The smallest absolute Gasteiger partial charge is 0.336 e. The second-order valence-corrected chi connectivity index (χ2v) is 9.37. The van der Waals surface area contributed by atoms with E-state index in [1.54, 1.807) is 4.90 Å². The van der Waals surface area contributed by atoms with E-state index in [0.717, 1.165) is 22.8 Å². The molecule has 1 atom stereocenters. The number of hydrogen-bond donors (Lipinski definition) is 2. The summed E-state index contributed by atoms with van der Waals surface area (Å²) in [7, 11) is 0. The van der Waals surface area contributed by atoms with Crippen LogP contribution in [0.3, 0.4) is 0 Å². The average Bonchev–Trinajstić information content (AvgIpc) is 2.96. The number of hydrogen-bond acceptors (Lipinski definition) is 2. The fraction of sp³-hybridized carbons (Fsp3) is 0.188. The zero-order chi connectivity index (χ0) is 28.4. The van der Waals surface area contributed by atoms with Gasteiger partial charge in [0.15, 0.2) is 0 Å². The van der Waals surface area contributed by atoms with Crippen molar-refractivity contribution in [1.29, 1.82) is 0 Å². The van der Waals surface area contributed by atoms with Crippen LogP contribution in [-0.2, 0) is 30.4 Å². The first-order valence-electron chi connectivity index (χ1n) is 12.9. The Bertz CT molecular complexity index is 1380. The number of carbonyl (C=O) groups is 2. The number of urea groups is 1. The number of halogens is 3. The van der Waals surface area contributed by atoms with Gasteiger partial charge in [0.25, 0.3) is 0 Å². The molecule has 3 amide bonds. The Labute approximate surface area is 231 Å².